The molecule has 2 unspecified atom stereocenters. The van der Waals surface area contributed by atoms with Crippen LogP contribution in [0.5, 0.6) is 0 Å². The molecule has 0 saturated heterocycles. The van der Waals surface area contributed by atoms with Gasteiger partial charge in [0.15, 0.2) is 0 Å². The molecule has 2 atom stereocenters. The quantitative estimate of drug-likeness (QED) is 0.636. The molecular formula is C19H16N. The second kappa shape index (κ2) is 3.76. The number of allylic oxidation sites excluding steroid dienone is 2. The highest BCUT2D eigenvalue weighted by molar-refractivity contribution is 6.07. The lowest BCUT2D eigenvalue weighted by Gasteiger charge is -2.13. The van der Waals surface area contributed by atoms with E-state index in [2.05, 4.69) is 53.5 Å². The normalized spacial score (nSPS) is 24.7. The van der Waals surface area contributed by atoms with Gasteiger partial charge in [-0.1, -0.05) is 36.4 Å². The lowest BCUT2D eigenvalue weighted by Crippen LogP contribution is -1.96. The zero-order chi connectivity index (χ0) is 13.1. The third-order valence-electron chi connectivity index (χ3n) is 5.06. The first-order chi connectivity index (χ1) is 9.88. The van der Waals surface area contributed by atoms with Crippen LogP contribution in [-0.2, 0) is 0 Å². The molecule has 0 amide bonds. The van der Waals surface area contributed by atoms with Crippen LogP contribution in [0.15, 0.2) is 42.5 Å². The number of aromatic nitrogens is 1. The van der Waals surface area contributed by atoms with E-state index in [1.807, 2.05) is 0 Å². The molecule has 1 aromatic heterocycles. The molecule has 20 heavy (non-hydrogen) atoms. The van der Waals surface area contributed by atoms with Crippen molar-refractivity contribution in [1.82, 2.24) is 4.98 Å². The lowest BCUT2D eigenvalue weighted by molar-refractivity contribution is 0.695. The standard InChI is InChI=1S/C19H16N/c1-2-4-18-15(3-1)16-8-7-14(11-19(16)20-18)17-10-12-5-6-13(17)9-12/h1-4,7-8,10,12-13,20H,5-6,9H2. The minimum Gasteiger partial charge on any atom is -0.354 e. The number of hydrogen-bond donors (Lipinski definition) is 1. The summed E-state index contributed by atoms with van der Waals surface area (Å²) in [6.07, 6.45) is 6.63. The van der Waals surface area contributed by atoms with Gasteiger partial charge in [-0.3, -0.25) is 0 Å². The Morgan fingerprint density at radius 3 is 2.80 bits per heavy atom. The Kier molecular flexibility index (Phi) is 2.01. The highest BCUT2D eigenvalue weighted by atomic mass is 14.7. The molecule has 1 saturated carbocycles. The third-order valence-corrected chi connectivity index (χ3v) is 5.06. The van der Waals surface area contributed by atoms with E-state index in [0.29, 0.717) is 0 Å². The van der Waals surface area contributed by atoms with E-state index in [9.17, 15) is 0 Å². The number of nitrogens with one attached hydrogen (secondary N) is 1. The molecule has 0 aliphatic heterocycles. The van der Waals surface area contributed by atoms with Gasteiger partial charge in [0.25, 0.3) is 0 Å². The number of aromatic amines is 1. The van der Waals surface area contributed by atoms with Crippen LogP contribution in [0.3, 0.4) is 0 Å². The van der Waals surface area contributed by atoms with Gasteiger partial charge in [-0.25, -0.2) is 0 Å². The van der Waals surface area contributed by atoms with Gasteiger partial charge in [0.05, 0.1) is 5.52 Å². The molecular weight excluding hydrogens is 242 g/mol. The van der Waals surface area contributed by atoms with Gasteiger partial charge in [-0.15, -0.1) is 0 Å². The molecule has 0 spiro atoms. The van der Waals surface area contributed by atoms with Crippen molar-refractivity contribution in [1.29, 1.82) is 0 Å². The second-order valence-corrected chi connectivity index (χ2v) is 6.22. The number of hydrogen-bond acceptors (Lipinski definition) is 0. The summed E-state index contributed by atoms with van der Waals surface area (Å²) in [5.74, 6) is 1.62. The summed E-state index contributed by atoms with van der Waals surface area (Å²) < 4.78 is 0. The molecule has 1 fully saturated rings. The summed E-state index contributed by atoms with van der Waals surface area (Å²) >= 11 is 0. The summed E-state index contributed by atoms with van der Waals surface area (Å²) in [5.41, 5.74) is 5.20. The van der Waals surface area contributed by atoms with Crippen LogP contribution in [-0.4, -0.2) is 4.98 Å². The average molecular weight is 258 g/mol. The second-order valence-electron chi connectivity index (χ2n) is 6.22. The summed E-state index contributed by atoms with van der Waals surface area (Å²) in [6.45, 7) is 0. The maximum atomic E-state index is 3.62. The first-order valence-electron chi connectivity index (χ1n) is 7.53. The molecule has 5 rings (SSSR count). The van der Waals surface area contributed by atoms with Crippen LogP contribution in [0.4, 0.5) is 0 Å². The molecule has 97 valence electrons. The van der Waals surface area contributed by atoms with Gasteiger partial charge in [-0.05, 0) is 48.3 Å². The van der Waals surface area contributed by atoms with Gasteiger partial charge in [-0.2, -0.15) is 0 Å². The summed E-state index contributed by atoms with van der Waals surface area (Å²) in [5, 5.41) is 2.58. The van der Waals surface area contributed by atoms with E-state index in [1.165, 1.54) is 41.1 Å². The number of benzene rings is 2. The molecule has 1 heteroatoms. The van der Waals surface area contributed by atoms with Crippen molar-refractivity contribution in [2.24, 2.45) is 11.8 Å². The van der Waals surface area contributed by atoms with E-state index in [4.69, 9.17) is 0 Å². The zero-order valence-electron chi connectivity index (χ0n) is 11.3. The zero-order valence-corrected chi connectivity index (χ0v) is 11.3. The minimum absolute atomic E-state index is 0.790. The molecule has 2 aliphatic carbocycles. The number of fused-ring (bicyclic) bond motifs is 5. The Labute approximate surface area is 118 Å². The molecule has 1 radical (unpaired) electrons. The predicted octanol–water partition coefficient (Wildman–Crippen LogP) is 4.93. The Morgan fingerprint density at radius 2 is 1.95 bits per heavy atom. The minimum atomic E-state index is 0.790. The van der Waals surface area contributed by atoms with Gasteiger partial charge >= 0.3 is 0 Å². The summed E-state index contributed by atoms with van der Waals surface area (Å²) in [4.78, 5) is 3.50. The van der Waals surface area contributed by atoms with E-state index in [1.54, 1.807) is 5.57 Å². The number of rotatable bonds is 1. The lowest BCUT2D eigenvalue weighted by atomic mass is 9.92. The van der Waals surface area contributed by atoms with E-state index in [0.717, 1.165) is 17.4 Å². The third kappa shape index (κ3) is 1.38. The van der Waals surface area contributed by atoms with E-state index in [-0.39, 0.29) is 0 Å². The van der Waals surface area contributed by atoms with Crippen molar-refractivity contribution >= 4 is 27.4 Å². The van der Waals surface area contributed by atoms with Crippen LogP contribution in [0.1, 0.15) is 24.8 Å². The molecule has 1 N–H and O–H groups in total. The maximum Gasteiger partial charge on any atom is 0.0551 e. The van der Waals surface area contributed by atoms with Gasteiger partial charge in [0.2, 0.25) is 0 Å². The fourth-order valence-corrected chi connectivity index (χ4v) is 4.10. The largest absolute Gasteiger partial charge is 0.354 e. The number of H-pyrrole nitrogens is 1. The van der Waals surface area contributed by atoms with Gasteiger partial charge in [0, 0.05) is 22.4 Å². The Morgan fingerprint density at radius 1 is 1.00 bits per heavy atom. The molecule has 1 nitrogen and oxygen atoms in total. The summed E-state index contributed by atoms with van der Waals surface area (Å²) in [7, 11) is 0. The highest BCUT2D eigenvalue weighted by Gasteiger charge is 2.33. The maximum absolute atomic E-state index is 3.62. The van der Waals surface area contributed by atoms with Crippen molar-refractivity contribution in [3.8, 4) is 0 Å². The Bertz CT molecular complexity index is 852. The number of para-hydroxylation sites is 1. The molecule has 3 aromatic rings. The predicted molar refractivity (Wildman–Crippen MR) is 83.4 cm³/mol. The Hall–Kier alpha value is -2.02. The van der Waals surface area contributed by atoms with Crippen LogP contribution < -0.4 is 0 Å². The van der Waals surface area contributed by atoms with Crippen molar-refractivity contribution in [3.63, 3.8) is 0 Å². The first-order valence-corrected chi connectivity index (χ1v) is 7.53. The van der Waals surface area contributed by atoms with Crippen LogP contribution >= 0.6 is 0 Å². The molecule has 1 heterocycles. The van der Waals surface area contributed by atoms with Crippen LogP contribution in [0.25, 0.3) is 27.4 Å². The first kappa shape index (κ1) is 10.7. The average Bonchev–Trinajstić information content (AvgIpc) is 3.19. The van der Waals surface area contributed by atoms with Gasteiger partial charge in [0.1, 0.15) is 0 Å². The smallest absolute Gasteiger partial charge is 0.0551 e. The van der Waals surface area contributed by atoms with Crippen molar-refractivity contribution < 1.29 is 0 Å². The van der Waals surface area contributed by atoms with Crippen LogP contribution in [0, 0.1) is 17.9 Å². The molecule has 2 bridgehead atoms. The molecule has 2 aliphatic rings. The van der Waals surface area contributed by atoms with Crippen molar-refractivity contribution in [3.05, 3.63) is 54.1 Å². The fourth-order valence-electron chi connectivity index (χ4n) is 4.10. The molecule has 2 aromatic carbocycles. The SMILES string of the molecule is [c]1c(C2=CC3CCC2C3)ccc2c1[nH]c1ccccc12. The fraction of sp³-hybridized carbons (Fsp3) is 0.263. The topological polar surface area (TPSA) is 15.8 Å². The van der Waals surface area contributed by atoms with E-state index < -0.39 is 0 Å². The van der Waals surface area contributed by atoms with E-state index >= 15 is 0 Å². The highest BCUT2D eigenvalue weighted by Crippen LogP contribution is 2.48. The monoisotopic (exact) mass is 258 g/mol. The Balaban J connectivity index is 1.72. The van der Waals surface area contributed by atoms with Crippen molar-refractivity contribution in [2.45, 2.75) is 19.3 Å². The van der Waals surface area contributed by atoms with Crippen LogP contribution in [0.2, 0.25) is 0 Å². The van der Waals surface area contributed by atoms with Gasteiger partial charge < -0.3 is 4.98 Å². The summed E-state index contributed by atoms with van der Waals surface area (Å²) in [6, 6.07) is 16.6. The van der Waals surface area contributed by atoms with Crippen molar-refractivity contribution in [2.75, 3.05) is 0 Å².